The molecule has 0 rings (SSSR count). The third-order valence-electron chi connectivity index (χ3n) is 0. The average Bonchev–Trinajstić information content (AvgIpc) is 1.41. The Balaban J connectivity index is -0.0000000655. The monoisotopic (exact) mass is 344 g/mol. The molecule has 0 aromatic rings. The zero-order valence-corrected chi connectivity index (χ0v) is 10.5. The van der Waals surface area contributed by atoms with Gasteiger partial charge in [-0.05, 0) is 0 Å². The predicted octanol–water partition coefficient (Wildman–Crippen LogP) is -4.79. The summed E-state index contributed by atoms with van der Waals surface area (Å²) in [6, 6.07) is 0. The van der Waals surface area contributed by atoms with Crippen molar-refractivity contribution in [2.45, 2.75) is 0 Å². The van der Waals surface area contributed by atoms with Crippen molar-refractivity contribution in [3.63, 3.8) is 0 Å². The second-order valence-electron chi connectivity index (χ2n) is 1.48. The minimum Gasteiger partial charge on any atom is -0.736 e. The molecule has 0 aromatic carbocycles. The molecule has 0 saturated carbocycles. The molecule has 101 valence electrons. The summed E-state index contributed by atoms with van der Waals surface area (Å²) in [6.45, 7) is 0. The van der Waals surface area contributed by atoms with Crippen molar-refractivity contribution >= 4 is 30.9 Å². The van der Waals surface area contributed by atoms with Crippen LogP contribution in [0.4, 0.5) is 0 Å². The fraction of sp³-hybridized carbons (Fsp3) is 0. The van der Waals surface area contributed by atoms with Crippen molar-refractivity contribution in [2.24, 2.45) is 15.4 Å². The van der Waals surface area contributed by atoms with E-state index < -0.39 is 30.9 Å². The van der Waals surface area contributed by atoms with Gasteiger partial charge in [0.05, 0.1) is 0 Å². The van der Waals surface area contributed by atoms with Gasteiger partial charge in [-0.15, -0.1) is 0 Å². The van der Waals surface area contributed by atoms with Gasteiger partial charge in [0.25, 0.3) is 0 Å². The average molecular weight is 344 g/mol. The Labute approximate surface area is 102 Å². The molecular formula is H6FeN3O9S3. The summed E-state index contributed by atoms with van der Waals surface area (Å²) in [6.07, 6.45) is 0. The quantitative estimate of drug-likeness (QED) is 0.281. The van der Waals surface area contributed by atoms with E-state index in [4.69, 9.17) is 38.9 Å². The van der Waals surface area contributed by atoms with Crippen molar-refractivity contribution in [1.29, 1.82) is 0 Å². The Kier molecular flexibility index (Phi) is 14.4. The van der Waals surface area contributed by atoms with Gasteiger partial charge in [0, 0.05) is 0 Å². The van der Waals surface area contributed by atoms with E-state index in [0.717, 1.165) is 0 Å². The molecule has 0 heterocycles. The maximum Gasteiger partial charge on any atom is 3.00 e. The molecule has 16 heavy (non-hydrogen) atoms. The van der Waals surface area contributed by atoms with Gasteiger partial charge in [0.15, 0.2) is 30.9 Å². The predicted molar refractivity (Wildman–Crippen MR) is 41.7 cm³/mol. The van der Waals surface area contributed by atoms with Crippen LogP contribution in [0.3, 0.4) is 0 Å². The molecule has 12 nitrogen and oxygen atoms in total. The molecule has 1 radical (unpaired) electrons. The van der Waals surface area contributed by atoms with Crippen molar-refractivity contribution in [1.82, 2.24) is 0 Å². The molecule has 0 fully saturated rings. The molecule has 0 saturated heterocycles. The van der Waals surface area contributed by atoms with Crippen LogP contribution in [0.1, 0.15) is 0 Å². The van der Waals surface area contributed by atoms with E-state index in [-0.39, 0.29) is 17.1 Å². The molecular weight excluding hydrogens is 338 g/mol. The van der Waals surface area contributed by atoms with E-state index in [0.29, 0.717) is 0 Å². The molecule has 0 aliphatic rings. The third kappa shape index (κ3) is 145000. The standard InChI is InChI=1S/Fe.3H3NO3S/c;3*1-5(2,3)4/h;3*(H3,1,2,3,4)/q+3;;;/p-3. The van der Waals surface area contributed by atoms with E-state index >= 15 is 0 Å². The Morgan fingerprint density at radius 2 is 0.562 bits per heavy atom. The van der Waals surface area contributed by atoms with Crippen LogP contribution in [0.15, 0.2) is 0 Å². The normalized spacial score (nSPS) is 10.9. The first-order chi connectivity index (χ1) is 6.00. The maximum absolute atomic E-state index is 8.85. The van der Waals surface area contributed by atoms with E-state index in [1.807, 2.05) is 0 Å². The van der Waals surface area contributed by atoms with Crippen LogP contribution in [-0.2, 0) is 48.0 Å². The summed E-state index contributed by atoms with van der Waals surface area (Å²) in [7, 11) is -13.2. The van der Waals surface area contributed by atoms with Gasteiger partial charge < -0.3 is 13.7 Å². The first-order valence-electron chi connectivity index (χ1n) is 2.21. The van der Waals surface area contributed by atoms with Crippen molar-refractivity contribution in [3.05, 3.63) is 0 Å². The van der Waals surface area contributed by atoms with Crippen molar-refractivity contribution < 1.29 is 56.0 Å². The van der Waals surface area contributed by atoms with Gasteiger partial charge in [-0.25, -0.2) is 40.7 Å². The van der Waals surface area contributed by atoms with E-state index in [1.54, 1.807) is 0 Å². The van der Waals surface area contributed by atoms with Crippen LogP contribution < -0.4 is 15.4 Å². The number of hydrogen-bond acceptors (Lipinski definition) is 9. The largest absolute Gasteiger partial charge is 3.00 e. The second-order valence-corrected chi connectivity index (χ2v) is 4.44. The second kappa shape index (κ2) is 9.19. The molecule has 6 N–H and O–H groups in total. The summed E-state index contributed by atoms with van der Waals surface area (Å²) in [5.74, 6) is 0. The summed E-state index contributed by atoms with van der Waals surface area (Å²) in [4.78, 5) is 0. The fourth-order valence-corrected chi connectivity index (χ4v) is 0. The molecule has 16 heteroatoms. The van der Waals surface area contributed by atoms with E-state index in [2.05, 4.69) is 15.4 Å². The van der Waals surface area contributed by atoms with Crippen LogP contribution in [0.5, 0.6) is 0 Å². The van der Waals surface area contributed by atoms with E-state index in [9.17, 15) is 0 Å². The first kappa shape index (κ1) is 25.1. The smallest absolute Gasteiger partial charge is 0.736 e. The van der Waals surface area contributed by atoms with Gasteiger partial charge in [0.2, 0.25) is 0 Å². The van der Waals surface area contributed by atoms with Crippen LogP contribution in [0, 0.1) is 0 Å². The van der Waals surface area contributed by atoms with Gasteiger partial charge >= 0.3 is 17.1 Å². The van der Waals surface area contributed by atoms with Crippen molar-refractivity contribution in [2.75, 3.05) is 0 Å². The Bertz CT molecular complexity index is 347. The zero-order chi connectivity index (χ0) is 13.5. The molecule has 0 aliphatic heterocycles. The topological polar surface area (TPSA) is 250 Å². The Morgan fingerprint density at radius 3 is 0.562 bits per heavy atom. The molecule has 0 unspecified atom stereocenters. The van der Waals surface area contributed by atoms with Gasteiger partial charge in [0.1, 0.15) is 0 Å². The molecule has 0 amide bonds. The minimum atomic E-state index is -4.42. The SMILES string of the molecule is NS(=O)(=O)[O-].NS(=O)(=O)[O-].NS(=O)(=O)[O-].[Fe+3]. The van der Waals surface area contributed by atoms with Crippen LogP contribution >= 0.6 is 0 Å². The molecule has 0 aliphatic carbocycles. The minimum absolute atomic E-state index is 0. The molecule has 0 atom stereocenters. The number of rotatable bonds is 0. The number of nitrogens with two attached hydrogens (primary N) is 3. The summed E-state index contributed by atoms with van der Waals surface area (Å²) in [5.41, 5.74) is 0. The van der Waals surface area contributed by atoms with Crippen LogP contribution in [0.25, 0.3) is 0 Å². The third-order valence-corrected chi connectivity index (χ3v) is 0. The van der Waals surface area contributed by atoms with E-state index in [1.165, 1.54) is 0 Å². The molecule has 0 bridgehead atoms. The first-order valence-corrected chi connectivity index (χ1v) is 6.62. The molecule has 0 spiro atoms. The Morgan fingerprint density at radius 1 is 0.562 bits per heavy atom. The zero-order valence-electron chi connectivity index (χ0n) is 6.98. The number of hydrogen-bond donors (Lipinski definition) is 3. The van der Waals surface area contributed by atoms with Gasteiger partial charge in [-0.2, -0.15) is 0 Å². The summed E-state index contributed by atoms with van der Waals surface area (Å²) in [5, 5.41) is 11.3. The molecule has 0 aromatic heterocycles. The van der Waals surface area contributed by atoms with Crippen LogP contribution in [-0.4, -0.2) is 38.9 Å². The fourth-order valence-electron chi connectivity index (χ4n) is 0. The summed E-state index contributed by atoms with van der Waals surface area (Å²) < 4.78 is 79.7. The maximum atomic E-state index is 8.85. The van der Waals surface area contributed by atoms with Gasteiger partial charge in [-0.1, -0.05) is 0 Å². The van der Waals surface area contributed by atoms with Crippen molar-refractivity contribution in [3.8, 4) is 0 Å². The van der Waals surface area contributed by atoms with Crippen LogP contribution in [0.2, 0.25) is 0 Å². The Hall–Kier alpha value is 0.129. The van der Waals surface area contributed by atoms with Gasteiger partial charge in [-0.3, -0.25) is 0 Å². The summed E-state index contributed by atoms with van der Waals surface area (Å²) >= 11 is 0.